The number of amides is 1. The molecule has 0 spiro atoms. The monoisotopic (exact) mass is 274 g/mol. The summed E-state index contributed by atoms with van der Waals surface area (Å²) in [5.74, 6) is -0.0397. The fourth-order valence-corrected chi connectivity index (χ4v) is 2.77. The Labute approximate surface area is 117 Å². The maximum Gasteiger partial charge on any atom is 0.256 e. The predicted molar refractivity (Wildman–Crippen MR) is 80.4 cm³/mol. The van der Waals surface area contributed by atoms with Crippen LogP contribution in [-0.4, -0.2) is 17.9 Å². The molecule has 0 aliphatic carbocycles. The normalized spacial score (nSPS) is 12.2. The van der Waals surface area contributed by atoms with Gasteiger partial charge in [0.2, 0.25) is 0 Å². The largest absolute Gasteiger partial charge is 0.398 e. The molecule has 0 aliphatic rings. The zero-order chi connectivity index (χ0) is 14.0. The van der Waals surface area contributed by atoms with Crippen LogP contribution in [0.2, 0.25) is 0 Å². The summed E-state index contributed by atoms with van der Waals surface area (Å²) in [6, 6.07) is 9.62. The number of hydrogen-bond donors (Lipinski definition) is 1. The van der Waals surface area contributed by atoms with E-state index >= 15 is 0 Å². The van der Waals surface area contributed by atoms with Gasteiger partial charge in [-0.1, -0.05) is 17.7 Å². The first-order chi connectivity index (χ1) is 9.00. The van der Waals surface area contributed by atoms with Crippen molar-refractivity contribution in [2.75, 3.05) is 12.8 Å². The van der Waals surface area contributed by atoms with Crippen LogP contribution in [0.3, 0.4) is 0 Å². The van der Waals surface area contributed by atoms with Gasteiger partial charge in [-0.3, -0.25) is 4.79 Å². The van der Waals surface area contributed by atoms with Crippen molar-refractivity contribution in [3.05, 3.63) is 51.7 Å². The summed E-state index contributed by atoms with van der Waals surface area (Å²) in [4.78, 5) is 15.4. The highest BCUT2D eigenvalue weighted by Gasteiger charge is 2.21. The predicted octanol–water partition coefficient (Wildman–Crippen LogP) is 3.47. The summed E-state index contributed by atoms with van der Waals surface area (Å²) in [7, 11) is 1.81. The molecule has 1 heterocycles. The highest BCUT2D eigenvalue weighted by Crippen LogP contribution is 2.26. The van der Waals surface area contributed by atoms with Crippen LogP contribution in [0.15, 0.2) is 35.7 Å². The smallest absolute Gasteiger partial charge is 0.256 e. The average molecular weight is 274 g/mol. The quantitative estimate of drug-likeness (QED) is 0.871. The van der Waals surface area contributed by atoms with Gasteiger partial charge in [-0.15, -0.1) is 11.3 Å². The van der Waals surface area contributed by atoms with Gasteiger partial charge in [-0.25, -0.2) is 0 Å². The van der Waals surface area contributed by atoms with Gasteiger partial charge >= 0.3 is 0 Å². The zero-order valence-electron chi connectivity index (χ0n) is 11.4. The van der Waals surface area contributed by atoms with E-state index in [1.54, 1.807) is 22.3 Å². The number of carbonyl (C=O) groups excluding carboxylic acids is 1. The second-order valence-electron chi connectivity index (χ2n) is 4.70. The number of carbonyl (C=O) groups is 1. The molecule has 0 saturated heterocycles. The molecule has 1 aromatic carbocycles. The lowest BCUT2D eigenvalue weighted by molar-refractivity contribution is 0.0746. The molecule has 0 fully saturated rings. The summed E-state index contributed by atoms with van der Waals surface area (Å²) in [5, 5.41) is 2.02. The lowest BCUT2D eigenvalue weighted by Crippen LogP contribution is -2.29. The SMILES string of the molecule is Cc1ccc(N)c(C(=O)N(C)C(C)c2cccs2)c1. The molecule has 0 saturated carbocycles. The van der Waals surface area contributed by atoms with Crippen molar-refractivity contribution in [2.45, 2.75) is 19.9 Å². The van der Waals surface area contributed by atoms with E-state index in [1.807, 2.05) is 50.5 Å². The lowest BCUT2D eigenvalue weighted by atomic mass is 10.1. The molecule has 2 rings (SSSR count). The van der Waals surface area contributed by atoms with Crippen LogP contribution in [0.4, 0.5) is 5.69 Å². The Morgan fingerprint density at radius 2 is 2.11 bits per heavy atom. The van der Waals surface area contributed by atoms with E-state index < -0.39 is 0 Å². The van der Waals surface area contributed by atoms with Gasteiger partial charge in [-0.05, 0) is 37.4 Å². The molecule has 3 nitrogen and oxygen atoms in total. The Balaban J connectivity index is 2.26. The number of rotatable bonds is 3. The number of hydrogen-bond acceptors (Lipinski definition) is 3. The van der Waals surface area contributed by atoms with Crippen LogP contribution in [0, 0.1) is 6.92 Å². The van der Waals surface area contributed by atoms with Crippen molar-refractivity contribution >= 4 is 22.9 Å². The standard InChI is InChI=1S/C15H18N2OS/c1-10-6-7-13(16)12(9-10)15(18)17(3)11(2)14-5-4-8-19-14/h4-9,11H,16H2,1-3H3. The Hall–Kier alpha value is -1.81. The highest BCUT2D eigenvalue weighted by atomic mass is 32.1. The van der Waals surface area contributed by atoms with Gasteiger partial charge in [-0.2, -0.15) is 0 Å². The van der Waals surface area contributed by atoms with Crippen LogP contribution >= 0.6 is 11.3 Å². The molecule has 4 heteroatoms. The van der Waals surface area contributed by atoms with E-state index in [0.29, 0.717) is 11.3 Å². The van der Waals surface area contributed by atoms with E-state index in [4.69, 9.17) is 5.73 Å². The van der Waals surface area contributed by atoms with Crippen LogP contribution in [-0.2, 0) is 0 Å². The topological polar surface area (TPSA) is 46.3 Å². The molecule has 0 bridgehead atoms. The molecular weight excluding hydrogens is 256 g/mol. The maximum absolute atomic E-state index is 12.5. The van der Waals surface area contributed by atoms with Crippen LogP contribution < -0.4 is 5.73 Å². The summed E-state index contributed by atoms with van der Waals surface area (Å²) in [6.45, 7) is 3.98. The molecule has 1 amide bonds. The molecule has 1 aromatic heterocycles. The summed E-state index contributed by atoms with van der Waals surface area (Å²) >= 11 is 1.65. The third-order valence-corrected chi connectivity index (χ3v) is 4.34. The van der Waals surface area contributed by atoms with Crippen molar-refractivity contribution in [1.82, 2.24) is 4.90 Å². The fraction of sp³-hybridized carbons (Fsp3) is 0.267. The second kappa shape index (κ2) is 5.45. The van der Waals surface area contributed by atoms with Crippen molar-refractivity contribution in [3.63, 3.8) is 0 Å². The molecule has 0 aliphatic heterocycles. The highest BCUT2D eigenvalue weighted by molar-refractivity contribution is 7.10. The van der Waals surface area contributed by atoms with Crippen LogP contribution in [0.5, 0.6) is 0 Å². The molecule has 1 atom stereocenters. The number of benzene rings is 1. The lowest BCUT2D eigenvalue weighted by Gasteiger charge is -2.25. The fourth-order valence-electron chi connectivity index (χ4n) is 1.94. The van der Waals surface area contributed by atoms with E-state index in [0.717, 1.165) is 5.56 Å². The first kappa shape index (κ1) is 13.6. The summed E-state index contributed by atoms with van der Waals surface area (Å²) in [6.07, 6.45) is 0. The van der Waals surface area contributed by atoms with Crippen LogP contribution in [0.1, 0.15) is 33.8 Å². The Morgan fingerprint density at radius 3 is 2.74 bits per heavy atom. The molecule has 0 radical (unpaired) electrons. The molecular formula is C15H18N2OS. The Kier molecular flexibility index (Phi) is 3.90. The second-order valence-corrected chi connectivity index (χ2v) is 5.68. The maximum atomic E-state index is 12.5. The van der Waals surface area contributed by atoms with E-state index in [-0.39, 0.29) is 11.9 Å². The van der Waals surface area contributed by atoms with Gasteiger partial charge in [0, 0.05) is 17.6 Å². The molecule has 19 heavy (non-hydrogen) atoms. The van der Waals surface area contributed by atoms with Gasteiger partial charge in [0.25, 0.3) is 5.91 Å². The summed E-state index contributed by atoms with van der Waals surface area (Å²) in [5.41, 5.74) is 8.04. The third kappa shape index (κ3) is 2.79. The van der Waals surface area contributed by atoms with Gasteiger partial charge in [0.15, 0.2) is 0 Å². The molecule has 100 valence electrons. The number of thiophene rings is 1. The van der Waals surface area contributed by atoms with Crippen molar-refractivity contribution in [2.24, 2.45) is 0 Å². The Bertz CT molecular complexity index is 578. The average Bonchev–Trinajstić information content (AvgIpc) is 2.93. The number of nitrogen functional groups attached to an aromatic ring is 1. The number of nitrogens with zero attached hydrogens (tertiary/aromatic N) is 1. The third-order valence-electron chi connectivity index (χ3n) is 3.30. The first-order valence-electron chi connectivity index (χ1n) is 6.17. The van der Waals surface area contributed by atoms with E-state index in [9.17, 15) is 4.79 Å². The van der Waals surface area contributed by atoms with E-state index in [1.165, 1.54) is 4.88 Å². The minimum Gasteiger partial charge on any atom is -0.398 e. The minimum absolute atomic E-state index is 0.0397. The number of anilines is 1. The van der Waals surface area contributed by atoms with Crippen molar-refractivity contribution in [3.8, 4) is 0 Å². The van der Waals surface area contributed by atoms with Gasteiger partial charge in [0.05, 0.1) is 11.6 Å². The molecule has 2 aromatic rings. The summed E-state index contributed by atoms with van der Waals surface area (Å²) < 4.78 is 0. The van der Waals surface area contributed by atoms with E-state index in [2.05, 4.69) is 0 Å². The van der Waals surface area contributed by atoms with Gasteiger partial charge < -0.3 is 10.6 Å². The first-order valence-corrected chi connectivity index (χ1v) is 7.05. The van der Waals surface area contributed by atoms with Crippen molar-refractivity contribution < 1.29 is 4.79 Å². The molecule has 1 unspecified atom stereocenters. The Morgan fingerprint density at radius 1 is 1.37 bits per heavy atom. The van der Waals surface area contributed by atoms with Gasteiger partial charge in [0.1, 0.15) is 0 Å². The number of nitrogens with two attached hydrogens (primary N) is 1. The zero-order valence-corrected chi connectivity index (χ0v) is 12.2. The van der Waals surface area contributed by atoms with Crippen molar-refractivity contribution in [1.29, 1.82) is 0 Å². The molecule has 2 N–H and O–H groups in total. The van der Waals surface area contributed by atoms with Crippen LogP contribution in [0.25, 0.3) is 0 Å². The minimum atomic E-state index is -0.0397. The number of aryl methyl sites for hydroxylation is 1.